The molecule has 0 radical (unpaired) electrons. The molecule has 8 aromatic rings. The van der Waals surface area contributed by atoms with Gasteiger partial charge in [-0.3, -0.25) is 0 Å². The minimum atomic E-state index is -2.67. The highest BCUT2D eigenvalue weighted by Gasteiger charge is 2.18. The monoisotopic (exact) mass is 531 g/mol. The van der Waals surface area contributed by atoms with Crippen molar-refractivity contribution >= 4 is 53.9 Å². The first-order valence-electron chi connectivity index (χ1n) is 23.7. The highest BCUT2D eigenvalue weighted by molar-refractivity contribution is 6.25. The van der Waals surface area contributed by atoms with Crippen LogP contribution in [0.1, 0.15) is 43.9 Å². The number of aryl methyl sites for hydroxylation is 1. The first-order chi connectivity index (χ1) is 29.3. The molecule has 0 aliphatic heterocycles. The van der Waals surface area contributed by atoms with Crippen molar-refractivity contribution in [3.05, 3.63) is 145 Å². The van der Waals surface area contributed by atoms with Gasteiger partial charge in [0.05, 0.1) is 27.4 Å². The maximum atomic E-state index is 9.47. The lowest BCUT2D eigenvalue weighted by Crippen LogP contribution is -1.92. The molecule has 0 spiro atoms. The van der Waals surface area contributed by atoms with Gasteiger partial charge in [0.25, 0.3) is 0 Å². The molecule has 0 heteroatoms. The molecule has 0 bridgehead atoms. The van der Waals surface area contributed by atoms with Gasteiger partial charge in [0.2, 0.25) is 0 Å². The lowest BCUT2D eigenvalue weighted by atomic mass is 9.84. The molecule has 0 aromatic heterocycles. The van der Waals surface area contributed by atoms with Gasteiger partial charge in [-0.2, -0.15) is 0 Å². The second-order valence-corrected chi connectivity index (χ2v) is 9.02. The first-order valence-corrected chi connectivity index (χ1v) is 12.2. The van der Waals surface area contributed by atoms with Gasteiger partial charge < -0.3 is 0 Å². The molecule has 0 saturated carbocycles. The van der Waals surface area contributed by atoms with E-state index in [9.17, 15) is 9.60 Å². The first kappa shape index (κ1) is 9.61. The summed E-state index contributed by atoms with van der Waals surface area (Å²) in [7, 11) is 0. The molecule has 8 aromatic carbocycles. The van der Waals surface area contributed by atoms with Crippen molar-refractivity contribution < 1.29 is 31.5 Å². The van der Waals surface area contributed by atoms with Crippen LogP contribution < -0.4 is 0 Å². The van der Waals surface area contributed by atoms with Crippen LogP contribution in [0.25, 0.3) is 76.1 Å². The van der Waals surface area contributed by atoms with Gasteiger partial charge in [-0.15, -0.1) is 0 Å². The van der Waals surface area contributed by atoms with Crippen LogP contribution in [0.5, 0.6) is 0 Å². The summed E-state index contributed by atoms with van der Waals surface area (Å²) in [6.45, 7) is -2.67. The fourth-order valence-corrected chi connectivity index (χ4v) is 5.39. The Balaban J connectivity index is 1.75. The van der Waals surface area contributed by atoms with Gasteiger partial charge in [-0.1, -0.05) is 140 Å². The highest BCUT2D eigenvalue weighted by atomic mass is 14.2. The van der Waals surface area contributed by atoms with Crippen molar-refractivity contribution in [1.82, 2.24) is 0 Å². The second-order valence-electron chi connectivity index (χ2n) is 9.02. The number of hydrogen-bond donors (Lipinski definition) is 0. The van der Waals surface area contributed by atoms with Crippen molar-refractivity contribution in [1.29, 1.82) is 0 Å². The molecule has 0 saturated heterocycles. The molecular weight excluding hydrogens is 480 g/mol. The zero-order chi connectivity index (χ0) is 46.5. The quantitative estimate of drug-likeness (QED) is 0.157. The Hall–Kier alpha value is -4.94. The van der Waals surface area contributed by atoms with E-state index in [2.05, 4.69) is 0 Å². The van der Waals surface area contributed by atoms with Crippen LogP contribution in [0.3, 0.4) is 0 Å². The van der Waals surface area contributed by atoms with Gasteiger partial charge in [-0.25, -0.2) is 0 Å². The Morgan fingerprint density at radius 3 is 1.82 bits per heavy atom. The van der Waals surface area contributed by atoms with Gasteiger partial charge in [-0.05, 0) is 94.1 Å². The number of fused-ring (bicyclic) bond motifs is 6. The van der Waals surface area contributed by atoms with Crippen LogP contribution in [-0.4, -0.2) is 0 Å². The predicted octanol–water partition coefficient (Wildman–Crippen LogP) is 11.3. The lowest BCUT2D eigenvalue weighted by molar-refractivity contribution is 1.18. The molecule has 0 nitrogen and oxygen atoms in total. The molecule has 0 unspecified atom stereocenters. The molecule has 0 aliphatic rings. The SMILES string of the molecule is [2H]c1cc2c(CC([2H])([2H])[2H])c3ccc4c(-c5c6c([2H])c([2H])c([2H])c([2H])c6c(-c6c([2H])c([2H])c([2H])c([2H])c6[2H])c6c([2H])c([2H])c([2H])c([2H])c56)c([2H])c([2H])c([2H])c4c3c([2H])c2c([2H])c1[2H]. The van der Waals surface area contributed by atoms with Crippen LogP contribution in [0.4, 0.5) is 0 Å². The van der Waals surface area contributed by atoms with Gasteiger partial charge >= 0.3 is 0 Å². The van der Waals surface area contributed by atoms with Crippen molar-refractivity contribution in [2.75, 3.05) is 0 Å². The average Bonchev–Trinajstić information content (AvgIpc) is 3.23. The zero-order valence-corrected chi connectivity index (χ0v) is 20.4. The van der Waals surface area contributed by atoms with E-state index in [1.807, 2.05) is 0 Å². The minimum absolute atomic E-state index is 0.0103. The smallest absolute Gasteiger partial charge is 0.0622 e. The topological polar surface area (TPSA) is 0 Å². The molecule has 0 atom stereocenters. The van der Waals surface area contributed by atoms with Gasteiger partial charge in [0, 0.05) is 4.11 Å². The molecule has 0 fully saturated rings. The summed E-state index contributed by atoms with van der Waals surface area (Å²) in [6.07, 6.45) is -0.674. The third-order valence-electron chi connectivity index (χ3n) is 7.05. The summed E-state index contributed by atoms with van der Waals surface area (Å²) in [4.78, 5) is 0. The third kappa shape index (κ3) is 3.33. The van der Waals surface area contributed by atoms with E-state index < -0.39 is 178 Å². The van der Waals surface area contributed by atoms with E-state index in [0.717, 1.165) is 0 Å². The normalized spacial score (nSPS) is 20.1. The molecule has 0 heterocycles. The molecule has 188 valence electrons. The summed E-state index contributed by atoms with van der Waals surface area (Å²) >= 11 is 0. The Morgan fingerprint density at radius 1 is 0.475 bits per heavy atom. The standard InChI is InChI=1S/C40H28/c1-2-28-29-16-7-6-15-27(29)25-38-30-21-12-22-33(32(30)24-23-31(28)38)40-36-19-10-8-17-34(36)39(26-13-4-3-5-14-26)35-18-9-11-20-37(35)40/h3-25H,2H2,1H3/i1D3,3D,4D,5D,6D,7D,8D,9D,10D,11D,12D,13D,14D,15D,17D,18D,19D,20D,21D,22D,25D. The van der Waals surface area contributed by atoms with E-state index in [0.29, 0.717) is 0 Å². The fraction of sp³-hybridized carbons (Fsp3) is 0.0500. The maximum absolute atomic E-state index is 9.47. The summed E-state index contributed by atoms with van der Waals surface area (Å²) in [5, 5.41) is -3.11. The number of rotatable bonds is 3. The molecule has 0 amide bonds. The van der Waals surface area contributed by atoms with Crippen molar-refractivity contribution in [3.63, 3.8) is 0 Å². The molecule has 0 N–H and O–H groups in total. The Kier molecular flexibility index (Phi) is 2.18. The Morgan fingerprint density at radius 2 is 1.10 bits per heavy atom. The van der Waals surface area contributed by atoms with Crippen LogP contribution >= 0.6 is 0 Å². The summed E-state index contributed by atoms with van der Waals surface area (Å²) < 4.78 is 202. The lowest BCUT2D eigenvalue weighted by Gasteiger charge is -2.19. The van der Waals surface area contributed by atoms with Crippen LogP contribution in [-0.2, 0) is 6.42 Å². The molecule has 0 aliphatic carbocycles. The summed E-state index contributed by atoms with van der Waals surface area (Å²) in [5.41, 5.74) is -2.13. The van der Waals surface area contributed by atoms with Crippen molar-refractivity contribution in [2.24, 2.45) is 0 Å². The van der Waals surface area contributed by atoms with Gasteiger partial charge in [0.1, 0.15) is 0 Å². The van der Waals surface area contributed by atoms with Crippen LogP contribution in [0, 0.1) is 0 Å². The average molecular weight is 532 g/mol. The predicted molar refractivity (Wildman–Crippen MR) is 174 cm³/mol. The van der Waals surface area contributed by atoms with Gasteiger partial charge in [0.15, 0.2) is 0 Å². The van der Waals surface area contributed by atoms with Crippen molar-refractivity contribution in [3.8, 4) is 22.3 Å². The number of benzene rings is 8. The third-order valence-corrected chi connectivity index (χ3v) is 7.05. The second kappa shape index (κ2) is 9.07. The van der Waals surface area contributed by atoms with Crippen molar-refractivity contribution in [2.45, 2.75) is 13.3 Å². The highest BCUT2D eigenvalue weighted by Crippen LogP contribution is 2.46. The van der Waals surface area contributed by atoms with E-state index in [-0.39, 0.29) is 37.9 Å². The largest absolute Gasteiger partial charge is 0.0636 e. The Bertz CT molecular complexity index is 3350. The van der Waals surface area contributed by atoms with Crippen LogP contribution in [0.2, 0.25) is 0 Å². The zero-order valence-electron chi connectivity index (χ0n) is 43.4. The summed E-state index contributed by atoms with van der Waals surface area (Å²) in [6, 6.07) is -11.8. The fourth-order valence-electron chi connectivity index (χ4n) is 5.39. The van der Waals surface area contributed by atoms with E-state index >= 15 is 0 Å². The maximum Gasteiger partial charge on any atom is 0.0636 e. The molecular formula is C40H28. The molecule has 40 heavy (non-hydrogen) atoms. The van der Waals surface area contributed by atoms with E-state index in [1.54, 1.807) is 0 Å². The van der Waals surface area contributed by atoms with E-state index in [4.69, 9.17) is 21.9 Å². The minimum Gasteiger partial charge on any atom is -0.0622 e. The summed E-state index contributed by atoms with van der Waals surface area (Å²) in [5.74, 6) is 0. The number of hydrogen-bond acceptors (Lipinski definition) is 0. The Labute approximate surface area is 266 Å². The molecule has 8 rings (SSSR count). The van der Waals surface area contributed by atoms with E-state index in [1.165, 1.54) is 18.2 Å². The van der Waals surface area contributed by atoms with Crippen LogP contribution in [0.15, 0.2) is 139 Å².